The van der Waals surface area contributed by atoms with Gasteiger partial charge in [0, 0.05) is 25.2 Å². The van der Waals surface area contributed by atoms with Gasteiger partial charge < -0.3 is 5.32 Å². The lowest BCUT2D eigenvalue weighted by molar-refractivity contribution is 0.0552. The molecule has 0 unspecified atom stereocenters. The first kappa shape index (κ1) is 11.0. The van der Waals surface area contributed by atoms with Crippen molar-refractivity contribution in [3.63, 3.8) is 0 Å². The molecule has 0 amide bonds. The summed E-state index contributed by atoms with van der Waals surface area (Å²) in [6, 6.07) is 10.5. The van der Waals surface area contributed by atoms with Crippen LogP contribution in [0.4, 0.5) is 0 Å². The molecule has 0 radical (unpaired) electrons. The van der Waals surface area contributed by atoms with Gasteiger partial charge in [0.25, 0.3) is 0 Å². The van der Waals surface area contributed by atoms with Crippen molar-refractivity contribution >= 4 is 0 Å². The van der Waals surface area contributed by atoms with Crippen molar-refractivity contribution < 1.29 is 0 Å². The molecule has 3 aliphatic heterocycles. The van der Waals surface area contributed by atoms with E-state index >= 15 is 0 Å². The van der Waals surface area contributed by atoms with Crippen LogP contribution in [-0.4, -0.2) is 30.6 Å². The SMILES string of the molecule is c1ccc2c(c1)CCN1C[C@@H]3CCCN[C@@H]3C[C@H]21. The minimum atomic E-state index is 0.682. The van der Waals surface area contributed by atoms with Gasteiger partial charge in [-0.1, -0.05) is 24.3 Å². The Bertz CT molecular complexity index is 442. The Morgan fingerprint density at radius 1 is 1.22 bits per heavy atom. The minimum Gasteiger partial charge on any atom is -0.314 e. The van der Waals surface area contributed by atoms with Crippen LogP contribution < -0.4 is 5.32 Å². The van der Waals surface area contributed by atoms with Gasteiger partial charge in [-0.15, -0.1) is 0 Å². The molecule has 1 N–H and O–H groups in total. The van der Waals surface area contributed by atoms with Crippen molar-refractivity contribution in [2.75, 3.05) is 19.6 Å². The fourth-order valence-electron chi connectivity index (χ4n) is 4.25. The van der Waals surface area contributed by atoms with E-state index in [0.29, 0.717) is 6.04 Å². The second-order valence-electron chi connectivity index (χ2n) is 6.16. The average molecular weight is 242 g/mol. The number of piperidine rings is 2. The summed E-state index contributed by atoms with van der Waals surface area (Å²) in [5.74, 6) is 0.903. The predicted molar refractivity (Wildman–Crippen MR) is 73.6 cm³/mol. The summed E-state index contributed by atoms with van der Waals surface area (Å²) in [6.45, 7) is 3.82. The predicted octanol–water partition coefficient (Wildman–Crippen LogP) is 2.36. The van der Waals surface area contributed by atoms with Crippen LogP contribution in [0.25, 0.3) is 0 Å². The molecule has 2 fully saturated rings. The van der Waals surface area contributed by atoms with Crippen LogP contribution in [0.1, 0.15) is 36.4 Å². The van der Waals surface area contributed by atoms with Gasteiger partial charge in [0.05, 0.1) is 0 Å². The summed E-state index contributed by atoms with van der Waals surface area (Å²) in [5.41, 5.74) is 3.20. The second kappa shape index (κ2) is 4.36. The molecule has 3 atom stereocenters. The minimum absolute atomic E-state index is 0.682. The molecule has 2 heteroatoms. The number of fused-ring (bicyclic) bond motifs is 4. The van der Waals surface area contributed by atoms with E-state index in [9.17, 15) is 0 Å². The molecule has 96 valence electrons. The molecule has 0 spiro atoms. The van der Waals surface area contributed by atoms with Crippen molar-refractivity contribution in [3.05, 3.63) is 35.4 Å². The molecule has 4 rings (SSSR count). The van der Waals surface area contributed by atoms with Crippen LogP contribution in [-0.2, 0) is 6.42 Å². The fourth-order valence-corrected chi connectivity index (χ4v) is 4.25. The number of nitrogens with zero attached hydrogens (tertiary/aromatic N) is 1. The third-order valence-electron chi connectivity index (χ3n) is 5.20. The van der Waals surface area contributed by atoms with Gasteiger partial charge in [0.2, 0.25) is 0 Å². The van der Waals surface area contributed by atoms with Gasteiger partial charge in [-0.3, -0.25) is 4.90 Å². The number of rotatable bonds is 0. The molecular formula is C16H22N2. The summed E-state index contributed by atoms with van der Waals surface area (Å²) < 4.78 is 0. The maximum Gasteiger partial charge on any atom is 0.0366 e. The van der Waals surface area contributed by atoms with Gasteiger partial charge >= 0.3 is 0 Å². The van der Waals surface area contributed by atoms with Gasteiger partial charge in [0.15, 0.2) is 0 Å². The molecule has 18 heavy (non-hydrogen) atoms. The third-order valence-corrected chi connectivity index (χ3v) is 5.20. The number of benzene rings is 1. The molecule has 2 saturated heterocycles. The maximum absolute atomic E-state index is 3.76. The summed E-state index contributed by atoms with van der Waals surface area (Å²) >= 11 is 0. The highest BCUT2D eigenvalue weighted by atomic mass is 15.2. The average Bonchev–Trinajstić information content (AvgIpc) is 2.45. The molecule has 2 nitrogen and oxygen atoms in total. The largest absolute Gasteiger partial charge is 0.314 e. The highest BCUT2D eigenvalue weighted by molar-refractivity contribution is 5.33. The topological polar surface area (TPSA) is 15.3 Å². The first-order valence-corrected chi connectivity index (χ1v) is 7.47. The molecule has 3 heterocycles. The fraction of sp³-hybridized carbons (Fsp3) is 0.625. The van der Waals surface area contributed by atoms with E-state index in [-0.39, 0.29) is 0 Å². The Hall–Kier alpha value is -0.860. The molecule has 1 aromatic carbocycles. The molecule has 0 aliphatic carbocycles. The van der Waals surface area contributed by atoms with Gasteiger partial charge in [0.1, 0.15) is 0 Å². The van der Waals surface area contributed by atoms with Crippen LogP contribution >= 0.6 is 0 Å². The Morgan fingerprint density at radius 2 is 2.17 bits per heavy atom. The highest BCUT2D eigenvalue weighted by Crippen LogP contribution is 2.40. The smallest absolute Gasteiger partial charge is 0.0366 e. The van der Waals surface area contributed by atoms with E-state index in [1.165, 1.54) is 45.3 Å². The molecule has 0 aromatic heterocycles. The molecule has 1 aromatic rings. The summed E-state index contributed by atoms with van der Waals surface area (Å²) in [5, 5.41) is 3.76. The lowest BCUT2D eigenvalue weighted by Crippen LogP contribution is -2.54. The van der Waals surface area contributed by atoms with Crippen LogP contribution in [0.15, 0.2) is 24.3 Å². The van der Waals surface area contributed by atoms with Crippen LogP contribution in [0, 0.1) is 5.92 Å². The Balaban J connectivity index is 1.64. The highest BCUT2D eigenvalue weighted by Gasteiger charge is 2.39. The van der Waals surface area contributed by atoms with E-state index < -0.39 is 0 Å². The molecule has 3 aliphatic rings. The number of hydrogen-bond donors (Lipinski definition) is 1. The van der Waals surface area contributed by atoms with E-state index in [0.717, 1.165) is 12.0 Å². The van der Waals surface area contributed by atoms with E-state index in [1.807, 2.05) is 0 Å². The zero-order chi connectivity index (χ0) is 11.9. The lowest BCUT2D eigenvalue weighted by atomic mass is 9.77. The monoisotopic (exact) mass is 242 g/mol. The summed E-state index contributed by atoms with van der Waals surface area (Å²) in [7, 11) is 0. The van der Waals surface area contributed by atoms with Crippen molar-refractivity contribution in [2.45, 2.75) is 37.8 Å². The zero-order valence-corrected chi connectivity index (χ0v) is 10.9. The van der Waals surface area contributed by atoms with E-state index in [4.69, 9.17) is 0 Å². The third kappa shape index (κ3) is 1.70. The van der Waals surface area contributed by atoms with E-state index in [1.54, 1.807) is 11.1 Å². The quantitative estimate of drug-likeness (QED) is 0.751. The van der Waals surface area contributed by atoms with Crippen molar-refractivity contribution in [1.82, 2.24) is 10.2 Å². The van der Waals surface area contributed by atoms with Gasteiger partial charge in [-0.05, 0) is 49.3 Å². The van der Waals surface area contributed by atoms with E-state index in [2.05, 4.69) is 34.5 Å². The number of hydrogen-bond acceptors (Lipinski definition) is 2. The van der Waals surface area contributed by atoms with Crippen molar-refractivity contribution in [1.29, 1.82) is 0 Å². The van der Waals surface area contributed by atoms with Crippen LogP contribution in [0.2, 0.25) is 0 Å². The van der Waals surface area contributed by atoms with Crippen molar-refractivity contribution in [3.8, 4) is 0 Å². The van der Waals surface area contributed by atoms with Crippen molar-refractivity contribution in [2.24, 2.45) is 5.92 Å². The second-order valence-corrected chi connectivity index (χ2v) is 6.16. The first-order valence-electron chi connectivity index (χ1n) is 7.47. The normalized spacial score (nSPS) is 35.4. The Kier molecular flexibility index (Phi) is 2.66. The molecule has 0 bridgehead atoms. The maximum atomic E-state index is 3.76. The number of nitrogens with one attached hydrogen (secondary N) is 1. The zero-order valence-electron chi connectivity index (χ0n) is 10.9. The van der Waals surface area contributed by atoms with Gasteiger partial charge in [-0.25, -0.2) is 0 Å². The lowest BCUT2D eigenvalue weighted by Gasteiger charge is -2.49. The Labute approximate surface area is 109 Å². The van der Waals surface area contributed by atoms with Crippen LogP contribution in [0.3, 0.4) is 0 Å². The van der Waals surface area contributed by atoms with Crippen LogP contribution in [0.5, 0.6) is 0 Å². The summed E-state index contributed by atoms with van der Waals surface area (Å²) in [4.78, 5) is 2.75. The standard InChI is InChI=1S/C16H22N2/c1-2-6-14-12(4-1)7-9-18-11-13-5-3-8-17-15(13)10-16(14)18/h1-2,4,6,13,15-17H,3,5,7-11H2/t13-,15+,16+/m0/s1. The van der Waals surface area contributed by atoms with Gasteiger partial charge in [-0.2, -0.15) is 0 Å². The molecule has 0 saturated carbocycles. The first-order chi connectivity index (χ1) is 8.92. The Morgan fingerprint density at radius 3 is 3.17 bits per heavy atom. The summed E-state index contributed by atoms with van der Waals surface area (Å²) in [6.07, 6.45) is 5.37. The molecular weight excluding hydrogens is 220 g/mol.